The average Bonchev–Trinajstić information content (AvgIpc) is 2.64. The van der Waals surface area contributed by atoms with Crippen LogP contribution in [0.4, 0.5) is 29.3 Å². The third kappa shape index (κ3) is 3.89. The predicted molar refractivity (Wildman–Crippen MR) is 103 cm³/mol. The van der Waals surface area contributed by atoms with Gasteiger partial charge in [0.15, 0.2) is 0 Å². The summed E-state index contributed by atoms with van der Waals surface area (Å²) in [7, 11) is 3.46. The number of alkyl halides is 3. The molecule has 0 radical (unpaired) electrons. The Kier molecular flexibility index (Phi) is 5.47. The van der Waals surface area contributed by atoms with Gasteiger partial charge in [-0.3, -0.25) is 0 Å². The van der Waals surface area contributed by atoms with E-state index in [9.17, 15) is 18.0 Å². The number of benzene rings is 1. The van der Waals surface area contributed by atoms with Crippen molar-refractivity contribution in [2.75, 3.05) is 24.3 Å². The number of halogens is 3. The van der Waals surface area contributed by atoms with Crippen LogP contribution in [0.1, 0.15) is 37.7 Å². The van der Waals surface area contributed by atoms with Crippen molar-refractivity contribution in [1.82, 2.24) is 5.32 Å². The molecular weight excluding hydrogens is 367 g/mol. The van der Waals surface area contributed by atoms with Crippen LogP contribution in [-0.2, 0) is 5.54 Å². The molecule has 0 unspecified atom stereocenters. The van der Waals surface area contributed by atoms with Crippen molar-refractivity contribution in [2.45, 2.75) is 43.8 Å². The summed E-state index contributed by atoms with van der Waals surface area (Å²) in [6, 6.07) is 3.54. The normalized spacial score (nSPS) is 21.8. The number of rotatable bonds is 1. The molecule has 28 heavy (non-hydrogen) atoms. The molecule has 148 valence electrons. The quantitative estimate of drug-likeness (QED) is 0.706. The maximum atomic E-state index is 14.2. The molecule has 7 heteroatoms. The van der Waals surface area contributed by atoms with Crippen LogP contribution < -0.4 is 15.5 Å². The smallest absolute Gasteiger partial charge is 0.378 e. The van der Waals surface area contributed by atoms with Gasteiger partial charge in [-0.15, -0.1) is 0 Å². The minimum absolute atomic E-state index is 0.0845. The first-order valence-electron chi connectivity index (χ1n) is 9.23. The van der Waals surface area contributed by atoms with Gasteiger partial charge in [0, 0.05) is 37.0 Å². The highest BCUT2D eigenvalue weighted by Gasteiger charge is 2.59. The van der Waals surface area contributed by atoms with Crippen LogP contribution in [-0.4, -0.2) is 26.3 Å². The number of carbonyl (C=O) groups is 1. The summed E-state index contributed by atoms with van der Waals surface area (Å²) in [6.07, 6.45) is 0.432. The first-order valence-corrected chi connectivity index (χ1v) is 9.23. The van der Waals surface area contributed by atoms with Gasteiger partial charge in [0.2, 0.25) is 5.54 Å². The summed E-state index contributed by atoms with van der Waals surface area (Å²) in [4.78, 5) is 13.6. The molecule has 4 nitrogen and oxygen atoms in total. The number of amides is 2. The van der Waals surface area contributed by atoms with E-state index in [0.29, 0.717) is 5.69 Å². The van der Waals surface area contributed by atoms with E-state index in [1.807, 2.05) is 5.32 Å². The fraction of sp³-hybridized carbons (Fsp3) is 0.476. The standard InChI is InChI=1S/C21H22F3N3O/c1-27(2)16-11-12-18-17(14-16)20(21(22,23)24,26-19(28)25-18)13-7-6-10-15-8-4-3-5-9-15/h11-12,14-15H,3-5,8-9H2,1-2H3,(H2,25,26,28)/t20-/m0/s1. The number of urea groups is 1. The second kappa shape index (κ2) is 7.67. The first-order chi connectivity index (χ1) is 13.2. The van der Waals surface area contributed by atoms with Crippen molar-refractivity contribution in [3.05, 3.63) is 23.8 Å². The van der Waals surface area contributed by atoms with Crippen molar-refractivity contribution in [3.63, 3.8) is 0 Å². The molecule has 1 aromatic carbocycles. The van der Waals surface area contributed by atoms with Crippen LogP contribution in [0, 0.1) is 29.6 Å². The van der Waals surface area contributed by atoms with Gasteiger partial charge < -0.3 is 15.5 Å². The maximum absolute atomic E-state index is 14.2. The number of hydrogen-bond donors (Lipinski definition) is 2. The van der Waals surface area contributed by atoms with Crippen molar-refractivity contribution in [1.29, 1.82) is 0 Å². The first kappa shape index (κ1) is 19.9. The highest BCUT2D eigenvalue weighted by Crippen LogP contribution is 2.44. The molecule has 2 N–H and O–H groups in total. The van der Waals surface area contributed by atoms with E-state index in [2.05, 4.69) is 29.0 Å². The van der Waals surface area contributed by atoms with Gasteiger partial charge in [-0.2, -0.15) is 13.2 Å². The minimum atomic E-state index is -4.82. The molecule has 1 fully saturated rings. The number of hydrogen-bond acceptors (Lipinski definition) is 2. The topological polar surface area (TPSA) is 44.4 Å². The highest BCUT2D eigenvalue weighted by molar-refractivity contribution is 5.95. The van der Waals surface area contributed by atoms with Crippen LogP contribution in [0.25, 0.3) is 0 Å². The Morgan fingerprint density at radius 3 is 2.50 bits per heavy atom. The summed E-state index contributed by atoms with van der Waals surface area (Å²) in [6.45, 7) is 0. The number of anilines is 2. The Bertz CT molecular complexity index is 880. The fourth-order valence-electron chi connectivity index (χ4n) is 3.52. The third-order valence-corrected chi connectivity index (χ3v) is 5.09. The number of carbonyl (C=O) groups excluding carboxylic acids is 1. The lowest BCUT2D eigenvalue weighted by molar-refractivity contribution is -0.178. The van der Waals surface area contributed by atoms with Gasteiger partial charge >= 0.3 is 12.2 Å². The van der Waals surface area contributed by atoms with Gasteiger partial charge in [-0.1, -0.05) is 25.2 Å². The molecule has 1 aromatic rings. The molecule has 2 amide bonds. The van der Waals surface area contributed by atoms with Gasteiger partial charge in [0.25, 0.3) is 0 Å². The molecule has 0 saturated heterocycles. The Morgan fingerprint density at radius 1 is 1.14 bits per heavy atom. The van der Waals surface area contributed by atoms with Gasteiger partial charge in [0.05, 0.1) is 0 Å². The molecule has 3 rings (SSSR count). The van der Waals surface area contributed by atoms with Crippen LogP contribution in [0.5, 0.6) is 0 Å². The maximum Gasteiger partial charge on any atom is 0.427 e. The van der Waals surface area contributed by atoms with E-state index in [1.165, 1.54) is 18.6 Å². The third-order valence-electron chi connectivity index (χ3n) is 5.09. The SMILES string of the molecule is CN(C)c1ccc2c(c1)[C@@](C#CC#CC1CCCCC1)(C(F)(F)F)NC(=O)N2. The molecule has 1 heterocycles. The Morgan fingerprint density at radius 2 is 1.86 bits per heavy atom. The average molecular weight is 389 g/mol. The van der Waals surface area contributed by atoms with Crippen LogP contribution in [0.3, 0.4) is 0 Å². The Balaban J connectivity index is 2.05. The minimum Gasteiger partial charge on any atom is -0.378 e. The summed E-state index contributed by atoms with van der Waals surface area (Å²) in [5, 5.41) is 4.42. The van der Waals surface area contributed by atoms with Gasteiger partial charge in [-0.05, 0) is 48.8 Å². The Labute approximate surface area is 162 Å². The van der Waals surface area contributed by atoms with Crippen molar-refractivity contribution in [2.24, 2.45) is 5.92 Å². The second-order valence-electron chi connectivity index (χ2n) is 7.31. The summed E-state index contributed by atoms with van der Waals surface area (Å²) in [5.74, 6) is 10.3. The van der Waals surface area contributed by atoms with Crippen LogP contribution in [0.2, 0.25) is 0 Å². The zero-order valence-electron chi connectivity index (χ0n) is 15.8. The molecule has 2 aliphatic rings. The molecule has 1 saturated carbocycles. The number of fused-ring (bicyclic) bond motifs is 1. The zero-order valence-corrected chi connectivity index (χ0v) is 15.8. The fourth-order valence-corrected chi connectivity index (χ4v) is 3.52. The predicted octanol–water partition coefficient (Wildman–Crippen LogP) is 4.23. The van der Waals surface area contributed by atoms with Crippen molar-refractivity contribution >= 4 is 17.4 Å². The van der Waals surface area contributed by atoms with E-state index >= 15 is 0 Å². The lowest BCUT2D eigenvalue weighted by Crippen LogP contribution is -2.59. The van der Waals surface area contributed by atoms with E-state index in [4.69, 9.17) is 0 Å². The molecule has 1 aliphatic carbocycles. The van der Waals surface area contributed by atoms with E-state index in [0.717, 1.165) is 25.7 Å². The number of nitrogens with zero attached hydrogens (tertiary/aromatic N) is 1. The largest absolute Gasteiger partial charge is 0.427 e. The lowest BCUT2D eigenvalue weighted by Gasteiger charge is -2.37. The van der Waals surface area contributed by atoms with Gasteiger partial charge in [0.1, 0.15) is 0 Å². The molecule has 0 aromatic heterocycles. The monoisotopic (exact) mass is 389 g/mol. The van der Waals surface area contributed by atoms with Crippen molar-refractivity contribution in [3.8, 4) is 23.7 Å². The summed E-state index contributed by atoms with van der Waals surface area (Å²) in [5.41, 5.74) is -2.29. The van der Waals surface area contributed by atoms with Crippen LogP contribution >= 0.6 is 0 Å². The molecule has 0 bridgehead atoms. The molecule has 1 aliphatic heterocycles. The Hall–Kier alpha value is -2.80. The van der Waals surface area contributed by atoms with Crippen molar-refractivity contribution < 1.29 is 18.0 Å². The summed E-state index contributed by atoms with van der Waals surface area (Å²) >= 11 is 0. The lowest BCUT2D eigenvalue weighted by atomic mass is 9.86. The second-order valence-corrected chi connectivity index (χ2v) is 7.31. The van der Waals surface area contributed by atoms with E-state index < -0.39 is 17.7 Å². The van der Waals surface area contributed by atoms with Gasteiger partial charge in [-0.25, -0.2) is 4.79 Å². The van der Waals surface area contributed by atoms with E-state index in [1.54, 1.807) is 25.1 Å². The molecular formula is C21H22F3N3O. The molecule has 0 spiro atoms. The highest BCUT2D eigenvalue weighted by atomic mass is 19.4. The van der Waals surface area contributed by atoms with Crippen LogP contribution in [0.15, 0.2) is 18.2 Å². The number of nitrogens with one attached hydrogen (secondary N) is 2. The summed E-state index contributed by atoms with van der Waals surface area (Å²) < 4.78 is 42.5. The molecule has 1 atom stereocenters. The zero-order chi connectivity index (χ0) is 20.4. The van der Waals surface area contributed by atoms with E-state index in [-0.39, 0.29) is 17.2 Å².